The third kappa shape index (κ3) is 2.23. The van der Waals surface area contributed by atoms with E-state index in [0.29, 0.717) is 0 Å². The SMILES string of the molecule is CC1(c2c[nH]c3ncnc(NC4CCCN(C=O)C4)c23)CC1. The van der Waals surface area contributed by atoms with Gasteiger partial charge >= 0.3 is 0 Å². The van der Waals surface area contributed by atoms with Gasteiger partial charge in [-0.15, -0.1) is 0 Å². The van der Waals surface area contributed by atoms with E-state index in [0.717, 1.165) is 49.2 Å². The van der Waals surface area contributed by atoms with E-state index in [-0.39, 0.29) is 11.5 Å². The fourth-order valence-corrected chi connectivity index (χ4v) is 3.42. The minimum Gasteiger partial charge on any atom is -0.365 e. The number of H-pyrrole nitrogens is 1. The van der Waals surface area contributed by atoms with Crippen LogP contribution in [0.5, 0.6) is 0 Å². The van der Waals surface area contributed by atoms with E-state index in [4.69, 9.17) is 0 Å². The maximum Gasteiger partial charge on any atom is 0.209 e. The van der Waals surface area contributed by atoms with Crippen LogP contribution in [-0.4, -0.2) is 45.4 Å². The molecule has 0 aromatic carbocycles. The summed E-state index contributed by atoms with van der Waals surface area (Å²) in [6.07, 6.45) is 9.15. The Morgan fingerprint density at radius 1 is 1.45 bits per heavy atom. The summed E-state index contributed by atoms with van der Waals surface area (Å²) in [6.45, 7) is 3.89. The number of likely N-dealkylation sites (tertiary alicyclic amines) is 1. The molecule has 2 N–H and O–H groups in total. The molecule has 2 aromatic rings. The Kier molecular flexibility index (Phi) is 3.06. The lowest BCUT2D eigenvalue weighted by molar-refractivity contribution is -0.119. The number of anilines is 1. The first-order chi connectivity index (χ1) is 10.7. The summed E-state index contributed by atoms with van der Waals surface area (Å²) >= 11 is 0. The van der Waals surface area contributed by atoms with Gasteiger partial charge in [0, 0.05) is 25.3 Å². The second kappa shape index (κ2) is 4.97. The number of amides is 1. The molecule has 1 saturated heterocycles. The van der Waals surface area contributed by atoms with Crippen molar-refractivity contribution in [2.45, 2.75) is 44.1 Å². The van der Waals surface area contributed by atoms with Gasteiger partial charge in [0.2, 0.25) is 6.41 Å². The first kappa shape index (κ1) is 13.5. The molecule has 2 aromatic heterocycles. The van der Waals surface area contributed by atoms with Crippen molar-refractivity contribution in [1.82, 2.24) is 19.9 Å². The van der Waals surface area contributed by atoms with E-state index in [1.54, 1.807) is 6.33 Å². The van der Waals surface area contributed by atoms with Crippen LogP contribution in [0.4, 0.5) is 5.82 Å². The molecule has 0 spiro atoms. The van der Waals surface area contributed by atoms with Crippen LogP contribution in [0.15, 0.2) is 12.5 Å². The molecule has 0 radical (unpaired) electrons. The zero-order valence-corrected chi connectivity index (χ0v) is 12.8. The standard InChI is InChI=1S/C16H21N5O/c1-16(4-5-16)12-7-17-14-13(12)15(19-9-18-14)20-11-3-2-6-21(8-11)10-22/h7,9-11H,2-6,8H2,1H3,(H2,17,18,19,20). The van der Waals surface area contributed by atoms with E-state index < -0.39 is 0 Å². The summed E-state index contributed by atoms with van der Waals surface area (Å²) in [6, 6.07) is 0.256. The fraction of sp³-hybridized carbons (Fsp3) is 0.562. The van der Waals surface area contributed by atoms with Crippen molar-refractivity contribution in [2.24, 2.45) is 0 Å². The Labute approximate surface area is 129 Å². The molecule has 1 unspecified atom stereocenters. The molecule has 2 aliphatic rings. The molecule has 0 bridgehead atoms. The summed E-state index contributed by atoms with van der Waals surface area (Å²) in [5.74, 6) is 0.895. The number of aromatic amines is 1. The van der Waals surface area contributed by atoms with Crippen LogP contribution >= 0.6 is 0 Å². The lowest BCUT2D eigenvalue weighted by atomic mass is 9.98. The van der Waals surface area contributed by atoms with Gasteiger partial charge in [0.15, 0.2) is 0 Å². The second-order valence-corrected chi connectivity index (χ2v) is 6.79. The van der Waals surface area contributed by atoms with Crippen LogP contribution in [0.3, 0.4) is 0 Å². The molecule has 1 aliphatic carbocycles. The summed E-state index contributed by atoms with van der Waals surface area (Å²) in [7, 11) is 0. The number of nitrogens with one attached hydrogen (secondary N) is 2. The number of carbonyl (C=O) groups excluding carboxylic acids is 1. The van der Waals surface area contributed by atoms with Gasteiger partial charge in [0.05, 0.1) is 5.39 Å². The molecular formula is C16H21N5O. The summed E-state index contributed by atoms with van der Waals surface area (Å²) in [4.78, 5) is 24.9. The van der Waals surface area contributed by atoms with Crippen molar-refractivity contribution in [1.29, 1.82) is 0 Å². The zero-order chi connectivity index (χ0) is 15.2. The van der Waals surface area contributed by atoms with E-state index in [2.05, 4.69) is 33.4 Å². The van der Waals surface area contributed by atoms with Crippen LogP contribution in [0.2, 0.25) is 0 Å². The highest BCUT2D eigenvalue weighted by molar-refractivity contribution is 5.91. The van der Waals surface area contributed by atoms with Crippen LogP contribution < -0.4 is 5.32 Å². The van der Waals surface area contributed by atoms with Crippen molar-refractivity contribution in [3.63, 3.8) is 0 Å². The third-order valence-electron chi connectivity index (χ3n) is 5.06. The van der Waals surface area contributed by atoms with Gasteiger partial charge < -0.3 is 15.2 Å². The first-order valence-corrected chi connectivity index (χ1v) is 7.98. The van der Waals surface area contributed by atoms with Gasteiger partial charge in [-0.3, -0.25) is 4.79 Å². The van der Waals surface area contributed by atoms with Gasteiger partial charge in [-0.1, -0.05) is 6.92 Å². The zero-order valence-electron chi connectivity index (χ0n) is 12.8. The molecule has 6 heteroatoms. The number of aromatic nitrogens is 3. The van der Waals surface area contributed by atoms with Crippen molar-refractivity contribution in [3.8, 4) is 0 Å². The highest BCUT2D eigenvalue weighted by Crippen LogP contribution is 2.50. The Morgan fingerprint density at radius 3 is 3.09 bits per heavy atom. The summed E-state index contributed by atoms with van der Waals surface area (Å²) in [5.41, 5.74) is 2.47. The topological polar surface area (TPSA) is 73.9 Å². The number of piperidine rings is 1. The Bertz CT molecular complexity index is 706. The number of hydrogen-bond acceptors (Lipinski definition) is 4. The number of carbonyl (C=O) groups is 1. The first-order valence-electron chi connectivity index (χ1n) is 7.98. The Hall–Kier alpha value is -2.11. The Balaban J connectivity index is 1.66. The van der Waals surface area contributed by atoms with Crippen LogP contribution in [0, 0.1) is 0 Å². The summed E-state index contributed by atoms with van der Waals surface area (Å²) < 4.78 is 0. The molecule has 116 valence electrons. The number of hydrogen-bond donors (Lipinski definition) is 2. The van der Waals surface area contributed by atoms with Crippen molar-refractivity contribution >= 4 is 23.3 Å². The molecule has 1 aliphatic heterocycles. The maximum atomic E-state index is 11.0. The molecule has 1 amide bonds. The van der Waals surface area contributed by atoms with Crippen LogP contribution in [-0.2, 0) is 10.2 Å². The largest absolute Gasteiger partial charge is 0.365 e. The smallest absolute Gasteiger partial charge is 0.209 e. The predicted molar refractivity (Wildman–Crippen MR) is 84.8 cm³/mol. The van der Waals surface area contributed by atoms with E-state index in [9.17, 15) is 4.79 Å². The lowest BCUT2D eigenvalue weighted by Gasteiger charge is -2.31. The van der Waals surface area contributed by atoms with Crippen LogP contribution in [0.25, 0.3) is 11.0 Å². The number of fused-ring (bicyclic) bond motifs is 1. The second-order valence-electron chi connectivity index (χ2n) is 6.79. The average Bonchev–Trinajstić information content (AvgIpc) is 3.12. The highest BCUT2D eigenvalue weighted by atomic mass is 16.1. The molecule has 22 heavy (non-hydrogen) atoms. The van der Waals surface area contributed by atoms with Gasteiger partial charge in [0.1, 0.15) is 17.8 Å². The minimum absolute atomic E-state index is 0.256. The summed E-state index contributed by atoms with van der Waals surface area (Å²) in [5, 5.41) is 4.66. The number of rotatable bonds is 4. The number of nitrogens with zero attached hydrogens (tertiary/aromatic N) is 3. The minimum atomic E-state index is 0.256. The molecule has 2 fully saturated rings. The van der Waals surface area contributed by atoms with Gasteiger partial charge in [-0.25, -0.2) is 9.97 Å². The molecule has 3 heterocycles. The third-order valence-corrected chi connectivity index (χ3v) is 5.06. The van der Waals surface area contributed by atoms with E-state index in [1.165, 1.54) is 18.4 Å². The van der Waals surface area contributed by atoms with Crippen LogP contribution in [0.1, 0.15) is 38.2 Å². The fourth-order valence-electron chi connectivity index (χ4n) is 3.42. The Morgan fingerprint density at radius 2 is 2.32 bits per heavy atom. The lowest BCUT2D eigenvalue weighted by Crippen LogP contribution is -2.41. The molecular weight excluding hydrogens is 278 g/mol. The van der Waals surface area contributed by atoms with Crippen molar-refractivity contribution < 1.29 is 4.79 Å². The quantitative estimate of drug-likeness (QED) is 0.847. The van der Waals surface area contributed by atoms with Crippen molar-refractivity contribution in [2.75, 3.05) is 18.4 Å². The average molecular weight is 299 g/mol. The van der Waals surface area contributed by atoms with E-state index in [1.807, 2.05) is 4.90 Å². The van der Waals surface area contributed by atoms with Gasteiger partial charge in [-0.05, 0) is 36.7 Å². The van der Waals surface area contributed by atoms with Gasteiger partial charge in [-0.2, -0.15) is 0 Å². The van der Waals surface area contributed by atoms with E-state index >= 15 is 0 Å². The van der Waals surface area contributed by atoms with Crippen molar-refractivity contribution in [3.05, 3.63) is 18.1 Å². The molecule has 1 saturated carbocycles. The molecule has 4 rings (SSSR count). The maximum absolute atomic E-state index is 11.0. The monoisotopic (exact) mass is 299 g/mol. The van der Waals surface area contributed by atoms with Gasteiger partial charge in [0.25, 0.3) is 0 Å². The normalized spacial score (nSPS) is 23.5. The molecule has 1 atom stereocenters. The highest BCUT2D eigenvalue weighted by Gasteiger charge is 2.41. The molecule has 6 nitrogen and oxygen atoms in total. The predicted octanol–water partition coefficient (Wildman–Crippen LogP) is 2.04.